The van der Waals surface area contributed by atoms with Crippen LogP contribution >= 0.6 is 17.0 Å². The molecule has 1 aromatic rings. The summed E-state index contributed by atoms with van der Waals surface area (Å²) in [6.07, 6.45) is 1.55. The molecule has 132 valence electrons. The van der Waals surface area contributed by atoms with E-state index in [0.29, 0.717) is 5.75 Å². The Morgan fingerprint density at radius 3 is 2.58 bits per heavy atom. The van der Waals surface area contributed by atoms with Crippen LogP contribution in [0.2, 0.25) is 0 Å². The van der Waals surface area contributed by atoms with Gasteiger partial charge in [0.2, 0.25) is 0 Å². The molecule has 2 aliphatic rings. The monoisotopic (exact) mass is 397 g/mol. The Bertz CT molecular complexity index is 662. The Hall–Kier alpha value is -1.40. The molecule has 24 heavy (non-hydrogen) atoms. The predicted molar refractivity (Wildman–Crippen MR) is 95.7 cm³/mol. The lowest BCUT2D eigenvalue weighted by Gasteiger charge is -2.53. The van der Waals surface area contributed by atoms with Crippen LogP contribution in [-0.2, 0) is 26.2 Å². The maximum atomic E-state index is 11.6. The molecule has 0 aromatic heterocycles. The van der Waals surface area contributed by atoms with Gasteiger partial charge >= 0.3 is 11.9 Å². The van der Waals surface area contributed by atoms with Gasteiger partial charge in [-0.2, -0.15) is 0 Å². The highest BCUT2D eigenvalue weighted by molar-refractivity contribution is 8.93. The zero-order valence-corrected chi connectivity index (χ0v) is 16.2. The molecule has 1 heterocycles. The van der Waals surface area contributed by atoms with Gasteiger partial charge in [-0.05, 0) is 49.7 Å². The van der Waals surface area contributed by atoms with Gasteiger partial charge in [-0.25, -0.2) is 0 Å². The number of carbonyl (C=O) groups excluding carboxylic acids is 2. The molecule has 1 aliphatic carbocycles. The number of ether oxygens (including phenoxy) is 2. The quantitative estimate of drug-likeness (QED) is 0.567. The number of likely N-dealkylation sites (N-methyl/N-ethyl adjacent to an activating group) is 1. The van der Waals surface area contributed by atoms with Crippen LogP contribution in [0.3, 0.4) is 0 Å². The number of hydrogen-bond donors (Lipinski definition) is 0. The molecule has 1 saturated heterocycles. The van der Waals surface area contributed by atoms with Crippen molar-refractivity contribution in [3.63, 3.8) is 0 Å². The predicted octanol–water partition coefficient (Wildman–Crippen LogP) is 2.64. The number of piperidine rings is 1. The minimum absolute atomic E-state index is 0. The summed E-state index contributed by atoms with van der Waals surface area (Å²) in [6.45, 7) is 5.96. The number of likely N-dealkylation sites (tertiary alicyclic amines) is 1. The maximum absolute atomic E-state index is 11.6. The second-order valence-electron chi connectivity index (χ2n) is 6.86. The fourth-order valence-corrected chi connectivity index (χ4v) is 4.03. The molecular formula is C18H24BrNO4. The number of esters is 2. The van der Waals surface area contributed by atoms with Crippen LogP contribution < -0.4 is 4.74 Å². The van der Waals surface area contributed by atoms with E-state index in [1.54, 1.807) is 0 Å². The normalized spacial score (nSPS) is 28.3. The Labute approximate surface area is 153 Å². The molecule has 0 spiro atoms. The van der Waals surface area contributed by atoms with E-state index >= 15 is 0 Å². The summed E-state index contributed by atoms with van der Waals surface area (Å²) in [5.41, 5.74) is 2.11. The van der Waals surface area contributed by atoms with Crippen LogP contribution in [0, 0.1) is 0 Å². The topological polar surface area (TPSA) is 55.8 Å². The molecular weight excluding hydrogens is 374 g/mol. The molecule has 3 atom stereocenters. The summed E-state index contributed by atoms with van der Waals surface area (Å²) in [5, 5.41) is 0. The van der Waals surface area contributed by atoms with Crippen molar-refractivity contribution in [3.8, 4) is 5.75 Å². The summed E-state index contributed by atoms with van der Waals surface area (Å²) in [4.78, 5) is 25.1. The molecule has 0 N–H and O–H groups in total. The van der Waals surface area contributed by atoms with E-state index in [0.717, 1.165) is 24.9 Å². The fraction of sp³-hybridized carbons (Fsp3) is 0.556. The Balaban J connectivity index is 0.00000208. The Morgan fingerprint density at radius 2 is 1.96 bits per heavy atom. The molecule has 2 bridgehead atoms. The smallest absolute Gasteiger partial charge is 0.308 e. The van der Waals surface area contributed by atoms with Gasteiger partial charge in [0.15, 0.2) is 0 Å². The minimum atomic E-state index is -0.330. The van der Waals surface area contributed by atoms with E-state index in [9.17, 15) is 9.59 Å². The zero-order chi connectivity index (χ0) is 16.8. The molecule has 1 fully saturated rings. The molecule has 0 amide bonds. The van der Waals surface area contributed by atoms with E-state index in [4.69, 9.17) is 9.47 Å². The van der Waals surface area contributed by atoms with Gasteiger partial charge in [-0.1, -0.05) is 13.0 Å². The van der Waals surface area contributed by atoms with Crippen LogP contribution in [0.4, 0.5) is 0 Å². The van der Waals surface area contributed by atoms with E-state index < -0.39 is 0 Å². The van der Waals surface area contributed by atoms with E-state index in [-0.39, 0.29) is 46.5 Å². The average molecular weight is 398 g/mol. The van der Waals surface area contributed by atoms with Gasteiger partial charge in [0.05, 0.1) is 6.04 Å². The lowest BCUT2D eigenvalue weighted by Crippen LogP contribution is -2.62. The number of nitrogens with zero attached hydrogens (tertiary/aromatic N) is 1. The van der Waals surface area contributed by atoms with Crippen molar-refractivity contribution in [2.45, 2.75) is 51.2 Å². The molecule has 0 saturated carbocycles. The van der Waals surface area contributed by atoms with Gasteiger partial charge in [0, 0.05) is 19.3 Å². The Kier molecular flexibility index (Phi) is 5.40. The highest BCUT2D eigenvalue weighted by atomic mass is 79.9. The highest BCUT2D eigenvalue weighted by Gasteiger charge is 2.52. The third kappa shape index (κ3) is 3.22. The number of benzene rings is 1. The summed E-state index contributed by atoms with van der Waals surface area (Å²) < 4.78 is 11.0. The first-order valence-corrected chi connectivity index (χ1v) is 8.00. The molecule has 1 aliphatic heterocycles. The molecule has 3 unspecified atom stereocenters. The van der Waals surface area contributed by atoms with Gasteiger partial charge in [0.25, 0.3) is 0 Å². The molecule has 0 radical (unpaired) electrons. The van der Waals surface area contributed by atoms with Gasteiger partial charge in [-0.3, -0.25) is 14.5 Å². The lowest BCUT2D eigenvalue weighted by molar-refractivity contribution is -0.159. The lowest BCUT2D eigenvalue weighted by atomic mass is 9.63. The molecule has 3 rings (SSSR count). The van der Waals surface area contributed by atoms with E-state index in [1.165, 1.54) is 19.4 Å². The highest BCUT2D eigenvalue weighted by Crippen LogP contribution is 2.47. The number of carbonyl (C=O) groups is 2. The third-order valence-electron chi connectivity index (χ3n) is 5.21. The first-order chi connectivity index (χ1) is 10.8. The third-order valence-corrected chi connectivity index (χ3v) is 5.21. The van der Waals surface area contributed by atoms with E-state index in [1.807, 2.05) is 18.2 Å². The van der Waals surface area contributed by atoms with E-state index in [2.05, 4.69) is 18.9 Å². The first-order valence-electron chi connectivity index (χ1n) is 8.00. The summed E-state index contributed by atoms with van der Waals surface area (Å²) in [6, 6.07) is 5.99. The maximum Gasteiger partial charge on any atom is 0.308 e. The standard InChI is InChI=1S/C18H23NO4.BrH/c1-11(20)22-14-6-5-13-9-16-17(23-12(2)21)18(3,15(13)10-14)7-8-19(16)4;/h5-6,10,16-17H,7-9H2,1-4H3;1H. The van der Waals surface area contributed by atoms with Crippen LogP contribution in [-0.4, -0.2) is 42.6 Å². The molecule has 1 aromatic carbocycles. The number of halogens is 1. The van der Waals surface area contributed by atoms with Crippen LogP contribution in [0.15, 0.2) is 18.2 Å². The molecule has 5 nitrogen and oxygen atoms in total. The minimum Gasteiger partial charge on any atom is -0.460 e. The second kappa shape index (κ2) is 6.84. The van der Waals surface area contributed by atoms with Crippen LogP contribution in [0.25, 0.3) is 0 Å². The number of hydrogen-bond acceptors (Lipinski definition) is 5. The average Bonchev–Trinajstić information content (AvgIpc) is 2.46. The van der Waals surface area contributed by atoms with Crippen molar-refractivity contribution < 1.29 is 19.1 Å². The second-order valence-corrected chi connectivity index (χ2v) is 6.86. The van der Waals surface area contributed by atoms with Crippen LogP contribution in [0.1, 0.15) is 38.3 Å². The Morgan fingerprint density at radius 1 is 1.25 bits per heavy atom. The first kappa shape index (κ1) is 18.9. The van der Waals surface area contributed by atoms with Crippen molar-refractivity contribution in [1.82, 2.24) is 4.90 Å². The van der Waals surface area contributed by atoms with Crippen molar-refractivity contribution >= 4 is 28.9 Å². The number of fused-ring (bicyclic) bond motifs is 4. The van der Waals surface area contributed by atoms with Crippen molar-refractivity contribution in [1.29, 1.82) is 0 Å². The van der Waals surface area contributed by atoms with Crippen molar-refractivity contribution in [3.05, 3.63) is 29.3 Å². The number of rotatable bonds is 2. The molecule has 6 heteroatoms. The van der Waals surface area contributed by atoms with Crippen molar-refractivity contribution in [2.75, 3.05) is 13.6 Å². The fourth-order valence-electron chi connectivity index (χ4n) is 4.03. The van der Waals surface area contributed by atoms with Crippen LogP contribution in [0.5, 0.6) is 5.75 Å². The SMILES string of the molecule is Br.CC(=O)Oc1ccc2c(c1)C1(C)CCN(C)C(C2)C1OC(C)=O. The zero-order valence-electron chi connectivity index (χ0n) is 14.5. The largest absolute Gasteiger partial charge is 0.460 e. The van der Waals surface area contributed by atoms with Crippen molar-refractivity contribution in [2.24, 2.45) is 0 Å². The summed E-state index contributed by atoms with van der Waals surface area (Å²) in [5.74, 6) is -0.0266. The summed E-state index contributed by atoms with van der Waals surface area (Å²) >= 11 is 0. The van der Waals surface area contributed by atoms with Gasteiger partial charge < -0.3 is 9.47 Å². The summed E-state index contributed by atoms with van der Waals surface area (Å²) in [7, 11) is 2.08. The van der Waals surface area contributed by atoms with Gasteiger partial charge in [0.1, 0.15) is 11.9 Å². The van der Waals surface area contributed by atoms with Gasteiger partial charge in [-0.15, -0.1) is 17.0 Å².